The monoisotopic (exact) mass is 211 g/mol. The molecule has 15 heavy (non-hydrogen) atoms. The van der Waals surface area contributed by atoms with Gasteiger partial charge in [-0.15, -0.1) is 0 Å². The van der Waals surface area contributed by atoms with E-state index in [4.69, 9.17) is 10.6 Å². The number of rotatable bonds is 4. The Labute approximate surface area is 86.6 Å². The molecule has 0 aliphatic rings. The number of nitrogens with zero attached hydrogens (tertiary/aromatic N) is 1. The fraction of sp³-hybridized carbons (Fsp3) is 0.333. The normalized spacial score (nSPS) is 9.73. The molecule has 82 valence electrons. The molecule has 0 saturated carbocycles. The van der Waals surface area contributed by atoms with Crippen molar-refractivity contribution in [3.63, 3.8) is 0 Å². The number of nitrogens with one attached hydrogen (secondary N) is 1. The van der Waals surface area contributed by atoms with E-state index in [-0.39, 0.29) is 17.9 Å². The van der Waals surface area contributed by atoms with Crippen molar-refractivity contribution in [1.82, 2.24) is 9.99 Å². The molecule has 0 fully saturated rings. The van der Waals surface area contributed by atoms with E-state index in [1.165, 1.54) is 10.8 Å². The minimum Gasteiger partial charge on any atom is -0.488 e. The quantitative estimate of drug-likeness (QED) is 0.389. The largest absolute Gasteiger partial charge is 0.488 e. The van der Waals surface area contributed by atoms with Gasteiger partial charge in [0.2, 0.25) is 0 Å². The molecule has 0 aliphatic heterocycles. The third kappa shape index (κ3) is 2.81. The fourth-order valence-electron chi connectivity index (χ4n) is 1.11. The molecular weight excluding hydrogens is 198 g/mol. The first kappa shape index (κ1) is 11.3. The fourth-order valence-corrected chi connectivity index (χ4v) is 1.11. The SMILES string of the molecule is CCOc1cccn(CC(=O)NN)c1=O. The molecule has 1 aromatic rings. The zero-order valence-electron chi connectivity index (χ0n) is 8.40. The van der Waals surface area contributed by atoms with E-state index in [1.54, 1.807) is 19.1 Å². The summed E-state index contributed by atoms with van der Waals surface area (Å²) in [5, 5.41) is 0. The molecule has 0 spiro atoms. The number of nitrogens with two attached hydrogens (primary N) is 1. The van der Waals surface area contributed by atoms with Crippen molar-refractivity contribution in [3.8, 4) is 5.75 Å². The zero-order valence-corrected chi connectivity index (χ0v) is 8.40. The van der Waals surface area contributed by atoms with Crippen LogP contribution < -0.4 is 21.6 Å². The van der Waals surface area contributed by atoms with Crippen LogP contribution in [0.1, 0.15) is 6.92 Å². The first-order valence-electron chi connectivity index (χ1n) is 4.50. The summed E-state index contributed by atoms with van der Waals surface area (Å²) in [6.07, 6.45) is 1.50. The van der Waals surface area contributed by atoms with Crippen molar-refractivity contribution < 1.29 is 9.53 Å². The Hall–Kier alpha value is -1.82. The number of hydrazine groups is 1. The Kier molecular flexibility index (Phi) is 3.87. The summed E-state index contributed by atoms with van der Waals surface area (Å²) in [4.78, 5) is 22.6. The molecule has 0 atom stereocenters. The Morgan fingerprint density at radius 2 is 2.40 bits per heavy atom. The van der Waals surface area contributed by atoms with Crippen LogP contribution in [0.15, 0.2) is 23.1 Å². The summed E-state index contributed by atoms with van der Waals surface area (Å²) in [5.74, 6) is 4.71. The topological polar surface area (TPSA) is 86.3 Å². The van der Waals surface area contributed by atoms with Crippen LogP contribution >= 0.6 is 0 Å². The van der Waals surface area contributed by atoms with E-state index in [0.717, 1.165) is 0 Å². The van der Waals surface area contributed by atoms with Crippen molar-refractivity contribution in [2.75, 3.05) is 6.61 Å². The Bertz CT molecular complexity index is 400. The summed E-state index contributed by atoms with van der Waals surface area (Å²) in [6, 6.07) is 3.19. The third-order valence-electron chi connectivity index (χ3n) is 1.76. The lowest BCUT2D eigenvalue weighted by atomic mass is 10.4. The second-order valence-electron chi connectivity index (χ2n) is 2.81. The van der Waals surface area contributed by atoms with Crippen LogP contribution in [0.4, 0.5) is 0 Å². The highest BCUT2D eigenvalue weighted by molar-refractivity contribution is 5.74. The van der Waals surface area contributed by atoms with Crippen LogP contribution in [-0.2, 0) is 11.3 Å². The number of carbonyl (C=O) groups excluding carboxylic acids is 1. The first-order chi connectivity index (χ1) is 7.19. The Morgan fingerprint density at radius 3 is 3.00 bits per heavy atom. The number of aromatic nitrogens is 1. The molecule has 1 heterocycles. The standard InChI is InChI=1S/C9H13N3O3/c1-2-15-7-4-3-5-12(9(7)14)6-8(13)11-10/h3-5H,2,6,10H2,1H3,(H,11,13). The molecule has 6 nitrogen and oxygen atoms in total. The van der Waals surface area contributed by atoms with Gasteiger partial charge in [0, 0.05) is 6.20 Å². The second-order valence-corrected chi connectivity index (χ2v) is 2.81. The molecule has 0 aromatic carbocycles. The number of ether oxygens (including phenoxy) is 1. The molecule has 0 unspecified atom stereocenters. The number of hydrogen-bond donors (Lipinski definition) is 2. The van der Waals surface area contributed by atoms with Gasteiger partial charge in [-0.2, -0.15) is 0 Å². The summed E-state index contributed by atoms with van der Waals surface area (Å²) < 4.78 is 6.33. The molecule has 0 radical (unpaired) electrons. The predicted molar refractivity (Wildman–Crippen MR) is 54.2 cm³/mol. The van der Waals surface area contributed by atoms with E-state index in [1.807, 2.05) is 5.43 Å². The number of amides is 1. The van der Waals surface area contributed by atoms with Crippen molar-refractivity contribution >= 4 is 5.91 Å². The molecule has 6 heteroatoms. The minimum atomic E-state index is -0.439. The van der Waals surface area contributed by atoms with Crippen LogP contribution in [0.2, 0.25) is 0 Å². The van der Waals surface area contributed by atoms with Gasteiger partial charge in [-0.3, -0.25) is 15.0 Å². The molecule has 1 aromatic heterocycles. The van der Waals surface area contributed by atoms with Gasteiger partial charge < -0.3 is 9.30 Å². The molecular formula is C9H13N3O3. The Balaban J connectivity index is 2.94. The van der Waals surface area contributed by atoms with E-state index < -0.39 is 5.91 Å². The van der Waals surface area contributed by atoms with Gasteiger partial charge in [-0.1, -0.05) is 0 Å². The first-order valence-corrected chi connectivity index (χ1v) is 4.50. The molecule has 0 bridgehead atoms. The van der Waals surface area contributed by atoms with Gasteiger partial charge in [0.05, 0.1) is 6.61 Å². The molecule has 0 saturated heterocycles. The number of pyridine rings is 1. The van der Waals surface area contributed by atoms with E-state index >= 15 is 0 Å². The maximum absolute atomic E-state index is 11.6. The molecule has 1 amide bonds. The number of carbonyl (C=O) groups is 1. The maximum Gasteiger partial charge on any atom is 0.293 e. The van der Waals surface area contributed by atoms with Crippen LogP contribution in [-0.4, -0.2) is 17.1 Å². The van der Waals surface area contributed by atoms with Crippen molar-refractivity contribution in [2.45, 2.75) is 13.5 Å². The smallest absolute Gasteiger partial charge is 0.293 e. The van der Waals surface area contributed by atoms with E-state index in [0.29, 0.717) is 6.61 Å². The summed E-state index contributed by atoms with van der Waals surface area (Å²) in [5.41, 5.74) is 1.61. The average molecular weight is 211 g/mol. The van der Waals surface area contributed by atoms with Gasteiger partial charge in [0.25, 0.3) is 11.5 Å². The summed E-state index contributed by atoms with van der Waals surface area (Å²) >= 11 is 0. The van der Waals surface area contributed by atoms with Crippen LogP contribution in [0, 0.1) is 0 Å². The summed E-state index contributed by atoms with van der Waals surface area (Å²) in [7, 11) is 0. The van der Waals surface area contributed by atoms with Gasteiger partial charge >= 0.3 is 0 Å². The number of hydrogen-bond acceptors (Lipinski definition) is 4. The Morgan fingerprint density at radius 1 is 1.67 bits per heavy atom. The highest BCUT2D eigenvalue weighted by atomic mass is 16.5. The molecule has 1 rings (SSSR count). The predicted octanol–water partition coefficient (Wildman–Crippen LogP) is -0.763. The van der Waals surface area contributed by atoms with Crippen molar-refractivity contribution in [1.29, 1.82) is 0 Å². The van der Waals surface area contributed by atoms with Crippen LogP contribution in [0.3, 0.4) is 0 Å². The molecule has 3 N–H and O–H groups in total. The zero-order chi connectivity index (χ0) is 11.3. The summed E-state index contributed by atoms with van der Waals surface area (Å²) in [6.45, 7) is 2.07. The highest BCUT2D eigenvalue weighted by Gasteiger charge is 2.06. The van der Waals surface area contributed by atoms with Crippen LogP contribution in [0.25, 0.3) is 0 Å². The van der Waals surface area contributed by atoms with Crippen LogP contribution in [0.5, 0.6) is 5.75 Å². The maximum atomic E-state index is 11.6. The van der Waals surface area contributed by atoms with Gasteiger partial charge in [0.15, 0.2) is 5.75 Å². The lowest BCUT2D eigenvalue weighted by molar-refractivity contribution is -0.121. The molecule has 0 aliphatic carbocycles. The lowest BCUT2D eigenvalue weighted by Crippen LogP contribution is -2.36. The third-order valence-corrected chi connectivity index (χ3v) is 1.76. The van der Waals surface area contributed by atoms with Crippen molar-refractivity contribution in [3.05, 3.63) is 28.7 Å². The average Bonchev–Trinajstić information content (AvgIpc) is 2.24. The van der Waals surface area contributed by atoms with E-state index in [2.05, 4.69) is 0 Å². The lowest BCUT2D eigenvalue weighted by Gasteiger charge is -2.07. The van der Waals surface area contributed by atoms with Gasteiger partial charge in [0.1, 0.15) is 6.54 Å². The van der Waals surface area contributed by atoms with Gasteiger partial charge in [-0.25, -0.2) is 5.84 Å². The second kappa shape index (κ2) is 5.16. The van der Waals surface area contributed by atoms with Crippen molar-refractivity contribution in [2.24, 2.45) is 5.84 Å². The minimum absolute atomic E-state index is 0.115. The van der Waals surface area contributed by atoms with E-state index in [9.17, 15) is 9.59 Å². The van der Waals surface area contributed by atoms with Gasteiger partial charge in [-0.05, 0) is 19.1 Å². The highest BCUT2D eigenvalue weighted by Crippen LogP contribution is 2.01.